The molecule has 9 heavy (non-hydrogen) atoms. The standard InChI is InChI=1S/C7H5NS/c1-2-7-6(8-4-1)3-5-9-7/h1-5H/i5D. The molecule has 2 heterocycles. The van der Waals surface area contributed by atoms with Gasteiger partial charge in [0.05, 0.1) is 11.6 Å². The van der Waals surface area contributed by atoms with E-state index < -0.39 is 0 Å². The molecule has 0 unspecified atom stereocenters. The van der Waals surface area contributed by atoms with Crippen molar-refractivity contribution in [3.8, 4) is 0 Å². The highest BCUT2D eigenvalue weighted by Gasteiger charge is 1.89. The molecule has 2 heteroatoms. The Morgan fingerprint density at radius 2 is 2.56 bits per heavy atom. The van der Waals surface area contributed by atoms with E-state index in [-0.39, 0.29) is 0 Å². The summed E-state index contributed by atoms with van der Waals surface area (Å²) >= 11 is 1.46. The van der Waals surface area contributed by atoms with Gasteiger partial charge in [0.1, 0.15) is 0 Å². The summed E-state index contributed by atoms with van der Waals surface area (Å²) in [5, 5.41) is 0.578. The zero-order chi connectivity index (χ0) is 6.97. The lowest BCUT2D eigenvalue weighted by molar-refractivity contribution is 1.43. The van der Waals surface area contributed by atoms with Crippen molar-refractivity contribution in [2.75, 3.05) is 0 Å². The molecular formula is C7H5NS. The van der Waals surface area contributed by atoms with Crippen LogP contribution in [0.25, 0.3) is 10.2 Å². The van der Waals surface area contributed by atoms with E-state index in [0.29, 0.717) is 5.36 Å². The predicted octanol–water partition coefficient (Wildman–Crippen LogP) is 2.30. The number of aromatic nitrogens is 1. The van der Waals surface area contributed by atoms with E-state index in [9.17, 15) is 0 Å². The third kappa shape index (κ3) is 0.715. The van der Waals surface area contributed by atoms with Gasteiger partial charge in [0.25, 0.3) is 0 Å². The molecule has 0 fully saturated rings. The van der Waals surface area contributed by atoms with E-state index in [4.69, 9.17) is 1.37 Å². The molecule has 0 aliphatic heterocycles. The Hall–Kier alpha value is -0.890. The fraction of sp³-hybridized carbons (Fsp3) is 0. The van der Waals surface area contributed by atoms with Crippen LogP contribution in [0, 0.1) is 0 Å². The van der Waals surface area contributed by atoms with Gasteiger partial charge >= 0.3 is 0 Å². The number of thiophene rings is 1. The first-order valence-corrected chi connectivity index (χ1v) is 3.49. The number of hydrogen-bond donors (Lipinski definition) is 0. The van der Waals surface area contributed by atoms with Gasteiger partial charge in [-0.3, -0.25) is 4.98 Å². The second-order valence-electron chi connectivity index (χ2n) is 1.75. The minimum atomic E-state index is 0.578. The first kappa shape index (κ1) is 4.01. The molecular weight excluding hydrogens is 130 g/mol. The second kappa shape index (κ2) is 1.81. The Labute approximate surface area is 58.4 Å². The summed E-state index contributed by atoms with van der Waals surface area (Å²) in [5.74, 6) is 0. The first-order valence-electron chi connectivity index (χ1n) is 3.17. The Balaban J connectivity index is 2.88. The maximum Gasteiger partial charge on any atom is 0.0809 e. The van der Waals surface area contributed by atoms with Crippen LogP contribution in [0.1, 0.15) is 1.37 Å². The van der Waals surface area contributed by atoms with Crippen LogP contribution >= 0.6 is 11.3 Å². The SMILES string of the molecule is [2H]c1cc2ncccc2s1. The largest absolute Gasteiger partial charge is 0.255 e. The molecule has 0 N–H and O–H groups in total. The summed E-state index contributed by atoms with van der Waals surface area (Å²) in [7, 11) is 0. The van der Waals surface area contributed by atoms with E-state index in [1.807, 2.05) is 12.1 Å². The first-order chi connectivity index (χ1) is 4.86. The number of pyridine rings is 1. The van der Waals surface area contributed by atoms with Gasteiger partial charge in [-0.2, -0.15) is 0 Å². The van der Waals surface area contributed by atoms with E-state index in [1.165, 1.54) is 11.3 Å². The van der Waals surface area contributed by atoms with Crippen molar-refractivity contribution in [3.63, 3.8) is 0 Å². The van der Waals surface area contributed by atoms with Gasteiger partial charge in [-0.25, -0.2) is 0 Å². The minimum Gasteiger partial charge on any atom is -0.255 e. The molecule has 1 nitrogen and oxygen atoms in total. The van der Waals surface area contributed by atoms with Crippen LogP contribution in [0.3, 0.4) is 0 Å². The van der Waals surface area contributed by atoms with Crippen molar-refractivity contribution < 1.29 is 1.37 Å². The van der Waals surface area contributed by atoms with Crippen LogP contribution in [0.5, 0.6) is 0 Å². The fourth-order valence-electron chi connectivity index (χ4n) is 0.746. The van der Waals surface area contributed by atoms with Crippen LogP contribution < -0.4 is 0 Å². The highest BCUT2D eigenvalue weighted by atomic mass is 32.1. The minimum absolute atomic E-state index is 0.578. The topological polar surface area (TPSA) is 12.9 Å². The van der Waals surface area contributed by atoms with E-state index in [2.05, 4.69) is 4.98 Å². The zero-order valence-electron chi connectivity index (χ0n) is 5.66. The normalized spacial score (nSPS) is 11.8. The quantitative estimate of drug-likeness (QED) is 0.541. The molecule has 2 aromatic rings. The summed E-state index contributed by atoms with van der Waals surface area (Å²) in [6.07, 6.45) is 1.74. The lowest BCUT2D eigenvalue weighted by Gasteiger charge is -1.81. The summed E-state index contributed by atoms with van der Waals surface area (Å²) in [4.78, 5) is 4.09. The molecule has 44 valence electrons. The molecule has 2 aromatic heterocycles. The van der Waals surface area contributed by atoms with Gasteiger partial charge in [-0.15, -0.1) is 11.3 Å². The summed E-state index contributed by atoms with van der Waals surface area (Å²) in [5.41, 5.74) is 0.928. The van der Waals surface area contributed by atoms with Gasteiger partial charge in [-0.05, 0) is 23.6 Å². The monoisotopic (exact) mass is 136 g/mol. The molecule has 0 bridgehead atoms. The maximum atomic E-state index is 7.30. The third-order valence-electron chi connectivity index (χ3n) is 1.16. The fourth-order valence-corrected chi connectivity index (χ4v) is 1.41. The van der Waals surface area contributed by atoms with E-state index in [0.717, 1.165) is 10.2 Å². The van der Waals surface area contributed by atoms with Gasteiger partial charge in [0.15, 0.2) is 0 Å². The van der Waals surface area contributed by atoms with Crippen molar-refractivity contribution in [2.45, 2.75) is 0 Å². The Kier molecular flexibility index (Phi) is 0.807. The van der Waals surface area contributed by atoms with Gasteiger partial charge < -0.3 is 0 Å². The summed E-state index contributed by atoms with van der Waals surface area (Å²) in [6.45, 7) is 0. The Morgan fingerprint density at radius 3 is 3.44 bits per heavy atom. The highest BCUT2D eigenvalue weighted by Crippen LogP contribution is 2.16. The average Bonchev–Trinajstić information content (AvgIpc) is 2.27. The smallest absolute Gasteiger partial charge is 0.0809 e. The van der Waals surface area contributed by atoms with E-state index >= 15 is 0 Å². The molecule has 0 aromatic carbocycles. The molecule has 0 spiro atoms. The molecule has 0 saturated carbocycles. The molecule has 0 aliphatic carbocycles. The van der Waals surface area contributed by atoms with Gasteiger partial charge in [0.2, 0.25) is 0 Å². The molecule has 2 rings (SSSR count). The Morgan fingerprint density at radius 1 is 1.56 bits per heavy atom. The van der Waals surface area contributed by atoms with Crippen molar-refractivity contribution in [2.24, 2.45) is 0 Å². The predicted molar refractivity (Wildman–Crippen MR) is 39.6 cm³/mol. The number of nitrogens with zero attached hydrogens (tertiary/aromatic N) is 1. The zero-order valence-corrected chi connectivity index (χ0v) is 5.48. The highest BCUT2D eigenvalue weighted by molar-refractivity contribution is 7.17. The third-order valence-corrected chi connectivity index (χ3v) is 1.97. The summed E-state index contributed by atoms with van der Waals surface area (Å²) < 4.78 is 8.39. The van der Waals surface area contributed by atoms with Crippen molar-refractivity contribution in [1.82, 2.24) is 4.98 Å². The maximum absolute atomic E-state index is 7.30. The van der Waals surface area contributed by atoms with E-state index in [1.54, 1.807) is 12.3 Å². The van der Waals surface area contributed by atoms with Crippen LogP contribution in [0.4, 0.5) is 0 Å². The van der Waals surface area contributed by atoms with Crippen LogP contribution in [0.2, 0.25) is 0 Å². The van der Waals surface area contributed by atoms with Crippen molar-refractivity contribution in [3.05, 3.63) is 29.8 Å². The molecule has 0 aliphatic rings. The van der Waals surface area contributed by atoms with Gasteiger partial charge in [0, 0.05) is 6.20 Å². The van der Waals surface area contributed by atoms with Crippen molar-refractivity contribution >= 4 is 21.6 Å². The number of rotatable bonds is 0. The lowest BCUT2D eigenvalue weighted by atomic mass is 10.4. The number of fused-ring (bicyclic) bond motifs is 1. The lowest BCUT2D eigenvalue weighted by Crippen LogP contribution is -1.65. The second-order valence-corrected chi connectivity index (χ2v) is 2.63. The molecule has 0 saturated heterocycles. The Bertz CT molecular complexity index is 322. The number of hydrogen-bond acceptors (Lipinski definition) is 2. The molecule has 0 radical (unpaired) electrons. The molecule has 0 amide bonds. The van der Waals surface area contributed by atoms with Crippen LogP contribution in [-0.4, -0.2) is 4.98 Å². The average molecular weight is 136 g/mol. The van der Waals surface area contributed by atoms with Crippen LogP contribution in [-0.2, 0) is 0 Å². The van der Waals surface area contributed by atoms with Gasteiger partial charge in [-0.1, -0.05) is 0 Å². The molecule has 0 atom stereocenters. The summed E-state index contributed by atoms with van der Waals surface area (Å²) in [6, 6.07) is 5.64. The van der Waals surface area contributed by atoms with Crippen molar-refractivity contribution in [1.29, 1.82) is 0 Å². The van der Waals surface area contributed by atoms with Crippen LogP contribution in [0.15, 0.2) is 29.8 Å².